The van der Waals surface area contributed by atoms with Crippen molar-refractivity contribution in [3.8, 4) is 28.4 Å². The molecule has 9 heteroatoms. The van der Waals surface area contributed by atoms with E-state index in [2.05, 4.69) is 20.4 Å². The lowest BCUT2D eigenvalue weighted by Gasteiger charge is -2.11. The molecule has 0 amide bonds. The van der Waals surface area contributed by atoms with E-state index < -0.39 is 6.10 Å². The minimum absolute atomic E-state index is 0.148. The summed E-state index contributed by atoms with van der Waals surface area (Å²) in [4.78, 5) is 21.2. The Morgan fingerprint density at radius 2 is 1.82 bits per heavy atom. The summed E-state index contributed by atoms with van der Waals surface area (Å²) < 4.78 is 6.94. The van der Waals surface area contributed by atoms with Crippen LogP contribution in [-0.4, -0.2) is 51.2 Å². The number of benzene rings is 2. The van der Waals surface area contributed by atoms with Crippen molar-refractivity contribution in [2.75, 3.05) is 25.9 Å². The van der Waals surface area contributed by atoms with Crippen LogP contribution in [0.15, 0.2) is 77.9 Å². The molecule has 9 nitrogen and oxygen atoms in total. The van der Waals surface area contributed by atoms with Crippen LogP contribution in [0.2, 0.25) is 0 Å². The van der Waals surface area contributed by atoms with E-state index >= 15 is 0 Å². The number of aliphatic hydroxyl groups excluding tert-OH is 1. The highest BCUT2D eigenvalue weighted by molar-refractivity contribution is 5.63. The molecule has 4 rings (SSSR count). The lowest BCUT2D eigenvalue weighted by Crippen LogP contribution is -2.29. The Morgan fingerprint density at radius 3 is 2.59 bits per heavy atom. The van der Waals surface area contributed by atoms with Gasteiger partial charge in [-0.25, -0.2) is 14.6 Å². The highest BCUT2D eigenvalue weighted by Gasteiger charge is 2.08. The number of hydrogen-bond donors (Lipinski definition) is 3. The average molecular weight is 459 g/mol. The molecule has 0 spiro atoms. The summed E-state index contributed by atoms with van der Waals surface area (Å²) in [5, 5.41) is 17.1. The molecule has 0 aliphatic rings. The number of likely N-dealkylation sites (N-methyl/N-ethyl adjacent to an activating group) is 1. The molecule has 0 radical (unpaired) electrons. The third-order valence-electron chi connectivity index (χ3n) is 5.08. The van der Waals surface area contributed by atoms with E-state index in [-0.39, 0.29) is 12.2 Å². The Balaban J connectivity index is 1.50. The number of ether oxygens (including phenoxy) is 1. The minimum Gasteiger partial charge on any atom is -0.488 e. The molecular formula is C25H26N6O3. The molecule has 2 aromatic heterocycles. The summed E-state index contributed by atoms with van der Waals surface area (Å²) in [5.74, 6) is 1.00. The third-order valence-corrected chi connectivity index (χ3v) is 5.08. The Kier molecular flexibility index (Phi) is 7.26. The number of nitrogens with one attached hydrogen (secondary N) is 1. The maximum absolute atomic E-state index is 12.4. The first-order chi connectivity index (χ1) is 16.5. The van der Waals surface area contributed by atoms with Gasteiger partial charge < -0.3 is 20.9 Å². The molecule has 4 aromatic rings. The molecule has 1 unspecified atom stereocenters. The van der Waals surface area contributed by atoms with Gasteiger partial charge in [-0.15, -0.1) is 0 Å². The second kappa shape index (κ2) is 10.7. The van der Waals surface area contributed by atoms with Gasteiger partial charge >= 0.3 is 0 Å². The molecule has 4 N–H and O–H groups in total. The van der Waals surface area contributed by atoms with E-state index in [1.54, 1.807) is 31.6 Å². The first kappa shape index (κ1) is 23.1. The highest BCUT2D eigenvalue weighted by Crippen LogP contribution is 2.20. The number of nitrogen functional groups attached to an aromatic ring is 1. The van der Waals surface area contributed by atoms with E-state index in [1.165, 1.54) is 10.7 Å². The lowest BCUT2D eigenvalue weighted by atomic mass is 10.1. The zero-order valence-corrected chi connectivity index (χ0v) is 18.8. The largest absolute Gasteiger partial charge is 0.488 e. The summed E-state index contributed by atoms with van der Waals surface area (Å²) in [6.07, 6.45) is 2.53. The number of anilines is 1. The van der Waals surface area contributed by atoms with E-state index in [9.17, 15) is 9.90 Å². The van der Waals surface area contributed by atoms with E-state index in [1.807, 2.05) is 42.5 Å². The fraction of sp³-hybridized carbons (Fsp3) is 0.200. The monoisotopic (exact) mass is 458 g/mol. The average Bonchev–Trinajstić information content (AvgIpc) is 2.85. The SMILES string of the molecule is CNCC(O)COc1cnc(-c2cccc(Cn3nc(-c4cccc(N)c4)ccc3=O)c2)nc1. The van der Waals surface area contributed by atoms with Crippen LogP contribution < -0.4 is 21.3 Å². The van der Waals surface area contributed by atoms with Crippen molar-refractivity contribution < 1.29 is 9.84 Å². The molecule has 2 heterocycles. The van der Waals surface area contributed by atoms with Crippen molar-refractivity contribution in [3.05, 3.63) is 89.0 Å². The zero-order chi connectivity index (χ0) is 23.9. The van der Waals surface area contributed by atoms with Crippen LogP contribution in [0.1, 0.15) is 5.56 Å². The van der Waals surface area contributed by atoms with Gasteiger partial charge in [0.05, 0.1) is 24.6 Å². The Bertz CT molecular complexity index is 1310. The van der Waals surface area contributed by atoms with Gasteiger partial charge in [0.25, 0.3) is 5.56 Å². The van der Waals surface area contributed by atoms with Crippen LogP contribution in [0, 0.1) is 0 Å². The number of rotatable bonds is 9. The highest BCUT2D eigenvalue weighted by atomic mass is 16.5. The molecule has 0 aliphatic carbocycles. The normalized spacial score (nSPS) is 11.8. The third kappa shape index (κ3) is 5.83. The van der Waals surface area contributed by atoms with Gasteiger partial charge in [0, 0.05) is 29.4 Å². The second-order valence-electron chi connectivity index (χ2n) is 7.81. The van der Waals surface area contributed by atoms with E-state index in [0.717, 1.165) is 16.7 Å². The fourth-order valence-electron chi connectivity index (χ4n) is 3.42. The molecular weight excluding hydrogens is 432 g/mol. The maximum atomic E-state index is 12.4. The van der Waals surface area contributed by atoms with Crippen LogP contribution >= 0.6 is 0 Å². The van der Waals surface area contributed by atoms with Crippen LogP contribution in [-0.2, 0) is 6.54 Å². The summed E-state index contributed by atoms with van der Waals surface area (Å²) in [6.45, 7) is 0.884. The molecule has 0 saturated carbocycles. The van der Waals surface area contributed by atoms with Crippen LogP contribution in [0.4, 0.5) is 5.69 Å². The van der Waals surface area contributed by atoms with Gasteiger partial charge in [0.1, 0.15) is 12.7 Å². The quantitative estimate of drug-likeness (QED) is 0.325. The molecule has 1 atom stereocenters. The predicted molar refractivity (Wildman–Crippen MR) is 130 cm³/mol. The van der Waals surface area contributed by atoms with Crippen molar-refractivity contribution in [1.82, 2.24) is 25.1 Å². The van der Waals surface area contributed by atoms with Crippen molar-refractivity contribution in [2.24, 2.45) is 0 Å². The van der Waals surface area contributed by atoms with E-state index in [0.29, 0.717) is 36.0 Å². The van der Waals surface area contributed by atoms with Crippen molar-refractivity contribution >= 4 is 5.69 Å². The molecule has 0 aliphatic heterocycles. The van der Waals surface area contributed by atoms with Crippen molar-refractivity contribution in [3.63, 3.8) is 0 Å². The number of nitrogens with zero attached hydrogens (tertiary/aromatic N) is 4. The van der Waals surface area contributed by atoms with Gasteiger partial charge in [-0.1, -0.05) is 30.3 Å². The van der Waals surface area contributed by atoms with Gasteiger partial charge in [-0.2, -0.15) is 5.10 Å². The van der Waals surface area contributed by atoms with Gasteiger partial charge in [0.2, 0.25) is 0 Å². The number of hydrogen-bond acceptors (Lipinski definition) is 8. The van der Waals surface area contributed by atoms with E-state index in [4.69, 9.17) is 10.5 Å². The molecule has 0 saturated heterocycles. The summed E-state index contributed by atoms with van der Waals surface area (Å²) in [7, 11) is 1.76. The first-order valence-electron chi connectivity index (χ1n) is 10.8. The smallest absolute Gasteiger partial charge is 0.267 e. The molecule has 0 fully saturated rings. The summed E-state index contributed by atoms with van der Waals surface area (Å²) >= 11 is 0. The zero-order valence-electron chi connectivity index (χ0n) is 18.8. The second-order valence-corrected chi connectivity index (χ2v) is 7.81. The minimum atomic E-state index is -0.615. The molecule has 0 bridgehead atoms. The lowest BCUT2D eigenvalue weighted by molar-refractivity contribution is 0.108. The Labute approximate surface area is 196 Å². The Hall–Kier alpha value is -4.08. The van der Waals surface area contributed by atoms with Crippen molar-refractivity contribution in [2.45, 2.75) is 12.6 Å². The maximum Gasteiger partial charge on any atom is 0.267 e. The summed E-state index contributed by atoms with van der Waals surface area (Å²) in [5.41, 5.74) is 9.52. The number of aliphatic hydroxyl groups is 1. The predicted octanol–water partition coefficient (Wildman–Crippen LogP) is 1.96. The molecule has 174 valence electrons. The summed E-state index contributed by atoms with van der Waals surface area (Å²) in [6, 6.07) is 18.2. The van der Waals surface area contributed by atoms with Gasteiger partial charge in [0.15, 0.2) is 11.6 Å². The molecule has 2 aromatic carbocycles. The van der Waals surface area contributed by atoms with Gasteiger partial charge in [-0.3, -0.25) is 4.79 Å². The topological polar surface area (TPSA) is 128 Å². The van der Waals surface area contributed by atoms with Crippen LogP contribution in [0.25, 0.3) is 22.6 Å². The number of aromatic nitrogens is 4. The standard InChI is InChI=1S/C25H26N6O3/c1-27-12-21(32)16-34-22-13-28-25(29-14-22)19-6-2-4-17(10-19)15-31-24(33)9-8-23(30-31)18-5-3-7-20(26)11-18/h2-11,13-14,21,27,32H,12,15-16,26H2,1H3. The fourth-order valence-corrected chi connectivity index (χ4v) is 3.42. The van der Waals surface area contributed by atoms with Gasteiger partial charge in [-0.05, 0) is 36.9 Å². The van der Waals surface area contributed by atoms with Crippen LogP contribution in [0.5, 0.6) is 5.75 Å². The molecule has 34 heavy (non-hydrogen) atoms. The van der Waals surface area contributed by atoms with Crippen LogP contribution in [0.3, 0.4) is 0 Å². The first-order valence-corrected chi connectivity index (χ1v) is 10.8. The Morgan fingerprint density at radius 1 is 1.06 bits per heavy atom. The number of nitrogens with two attached hydrogens (primary N) is 1. The van der Waals surface area contributed by atoms with Crippen molar-refractivity contribution in [1.29, 1.82) is 0 Å².